The zero-order valence-electron chi connectivity index (χ0n) is 22.1. The van der Waals surface area contributed by atoms with Crippen LogP contribution < -0.4 is 9.13 Å². The van der Waals surface area contributed by atoms with Gasteiger partial charge in [-0.1, -0.05) is 36.4 Å². The molecule has 0 bridgehead atoms. The molecule has 4 nitrogen and oxygen atoms in total. The average molecular weight is 686 g/mol. The molecule has 0 saturated heterocycles. The second kappa shape index (κ2) is 11.6. The van der Waals surface area contributed by atoms with Crippen LogP contribution in [0.4, 0.5) is 50.4 Å². The minimum absolute atomic E-state index is 0.302. The molecule has 0 spiro atoms. The maximum absolute atomic E-state index is 10.8. The molecule has 44 heavy (non-hydrogen) atoms. The van der Waals surface area contributed by atoms with E-state index < -0.39 is 15.6 Å². The van der Waals surface area contributed by atoms with Gasteiger partial charge in [0.15, 0.2) is 37.9 Å². The maximum Gasteiger partial charge on any atom is 0.173 e. The van der Waals surface area contributed by atoms with E-state index in [2.05, 4.69) is 58.2 Å². The zero-order chi connectivity index (χ0) is 33.6. The standard InChI is InChI=1S/C26H23N2O2.2F6P/c29-20-23-3-1-22(2-4-23)19-28-17-12-25(13-18-28)24-10-15-27(16-11-24)14-9-21-5-7-26(30)8-6-21;2*1-7(2,3,4,5)6/h1-8,10-13,15-18,20H,9,14,19H2;;/q+1;2*-1/p+1. The van der Waals surface area contributed by atoms with Gasteiger partial charge in [-0.15, -0.1) is 0 Å². The smallest absolute Gasteiger partial charge is 0.173 e. The van der Waals surface area contributed by atoms with Crippen LogP contribution in [-0.2, 0) is 19.5 Å². The number of aromatic hydroxyl groups is 1. The first-order valence-electron chi connectivity index (χ1n) is 12.0. The summed E-state index contributed by atoms with van der Waals surface area (Å²) in [7, 11) is -21.3. The summed E-state index contributed by atoms with van der Waals surface area (Å²) in [5, 5.41) is 9.37. The van der Waals surface area contributed by atoms with Crippen LogP contribution in [0.5, 0.6) is 5.75 Å². The number of phenols is 1. The molecular formula is C26H24F12N2O2P2. The second-order valence-corrected chi connectivity index (χ2v) is 13.1. The summed E-state index contributed by atoms with van der Waals surface area (Å²) in [6.07, 6.45) is 10.1. The molecule has 0 aliphatic carbocycles. The molecule has 2 heterocycles. The van der Waals surface area contributed by atoms with Crippen molar-refractivity contribution in [1.82, 2.24) is 0 Å². The summed E-state index contributed by atoms with van der Waals surface area (Å²) in [4.78, 5) is 10.8. The summed E-state index contributed by atoms with van der Waals surface area (Å²) in [5.74, 6) is 0.302. The second-order valence-electron chi connectivity index (χ2n) is 9.28. The molecule has 0 atom stereocenters. The Balaban J connectivity index is 0.000000402. The van der Waals surface area contributed by atoms with Crippen LogP contribution in [0, 0.1) is 0 Å². The number of carbonyl (C=O) groups excluding carboxylic acids is 1. The number of phenolic OH excluding ortho intramolecular Hbond substituents is 1. The topological polar surface area (TPSA) is 45.1 Å². The van der Waals surface area contributed by atoms with Gasteiger partial charge in [0.2, 0.25) is 0 Å². The fraction of sp³-hybridized carbons (Fsp3) is 0.115. The van der Waals surface area contributed by atoms with Gasteiger partial charge in [-0.2, -0.15) is 0 Å². The van der Waals surface area contributed by atoms with Crippen molar-refractivity contribution in [2.45, 2.75) is 19.5 Å². The molecule has 0 saturated carbocycles. The Labute approximate surface area is 242 Å². The molecule has 0 fully saturated rings. The van der Waals surface area contributed by atoms with Gasteiger partial charge < -0.3 is 5.11 Å². The minimum atomic E-state index is -10.7. The number of benzene rings is 2. The third-order valence-corrected chi connectivity index (χ3v) is 5.19. The van der Waals surface area contributed by atoms with Crippen LogP contribution in [-0.4, -0.2) is 11.4 Å². The summed E-state index contributed by atoms with van der Waals surface area (Å²) in [6.45, 7) is 1.66. The first-order valence-corrected chi connectivity index (χ1v) is 16.1. The fourth-order valence-electron chi connectivity index (χ4n) is 3.39. The number of halogens is 12. The normalized spacial score (nSPS) is 14.6. The van der Waals surface area contributed by atoms with Gasteiger partial charge in [0.1, 0.15) is 12.0 Å². The summed E-state index contributed by atoms with van der Waals surface area (Å²) < 4.78 is 123. The number of aromatic nitrogens is 2. The number of aldehydes is 1. The monoisotopic (exact) mass is 686 g/mol. The van der Waals surface area contributed by atoms with E-state index in [1.165, 1.54) is 16.7 Å². The largest absolute Gasteiger partial charge is 0.508 e. The number of pyridine rings is 2. The number of rotatable bonds is 7. The van der Waals surface area contributed by atoms with Gasteiger partial charge in [-0.25, -0.2) is 9.13 Å². The maximum atomic E-state index is 10.8. The van der Waals surface area contributed by atoms with Crippen LogP contribution in [0.1, 0.15) is 21.5 Å². The van der Waals surface area contributed by atoms with Gasteiger partial charge in [0, 0.05) is 41.8 Å². The van der Waals surface area contributed by atoms with E-state index in [4.69, 9.17) is 0 Å². The third-order valence-electron chi connectivity index (χ3n) is 5.19. The Kier molecular flexibility index (Phi) is 9.62. The van der Waals surface area contributed by atoms with Gasteiger partial charge in [-0.3, -0.25) is 4.79 Å². The van der Waals surface area contributed by atoms with Crippen molar-refractivity contribution in [2.75, 3.05) is 0 Å². The first-order chi connectivity index (χ1) is 19.6. The predicted molar refractivity (Wildman–Crippen MR) is 142 cm³/mol. The van der Waals surface area contributed by atoms with E-state index in [-0.39, 0.29) is 0 Å². The van der Waals surface area contributed by atoms with Crippen molar-refractivity contribution in [3.05, 3.63) is 114 Å². The van der Waals surface area contributed by atoms with Crippen molar-refractivity contribution in [3.8, 4) is 16.9 Å². The van der Waals surface area contributed by atoms with Crippen molar-refractivity contribution >= 4 is 21.9 Å². The van der Waals surface area contributed by atoms with Crippen molar-refractivity contribution in [2.24, 2.45) is 0 Å². The zero-order valence-corrected chi connectivity index (χ0v) is 23.9. The first kappa shape index (κ1) is 36.4. The summed E-state index contributed by atoms with van der Waals surface area (Å²) >= 11 is 0. The molecule has 4 rings (SSSR count). The Morgan fingerprint density at radius 2 is 0.909 bits per heavy atom. The predicted octanol–water partition coefficient (Wildman–Crippen LogP) is 10.5. The Morgan fingerprint density at radius 3 is 1.30 bits per heavy atom. The average Bonchev–Trinajstić information content (AvgIpc) is 2.86. The van der Waals surface area contributed by atoms with Gasteiger partial charge in [0.05, 0.1) is 0 Å². The summed E-state index contributed by atoms with van der Waals surface area (Å²) in [6, 6.07) is 23.5. The van der Waals surface area contributed by atoms with E-state index in [0.717, 1.165) is 31.4 Å². The van der Waals surface area contributed by atoms with Crippen LogP contribution in [0.3, 0.4) is 0 Å². The van der Waals surface area contributed by atoms with Crippen LogP contribution in [0.2, 0.25) is 0 Å². The molecule has 4 aromatic rings. The molecule has 1 N–H and O–H groups in total. The molecular weight excluding hydrogens is 662 g/mol. The number of aryl methyl sites for hydroxylation is 2. The number of hydrogen-bond donors (Lipinski definition) is 1. The van der Waals surface area contributed by atoms with E-state index >= 15 is 0 Å². The van der Waals surface area contributed by atoms with Crippen LogP contribution in [0.15, 0.2) is 97.6 Å². The van der Waals surface area contributed by atoms with Gasteiger partial charge in [-0.05, 0) is 28.8 Å². The van der Waals surface area contributed by atoms with Crippen LogP contribution in [0.25, 0.3) is 11.1 Å². The molecule has 244 valence electrons. The Bertz CT molecular complexity index is 1490. The van der Waals surface area contributed by atoms with Crippen molar-refractivity contribution < 1.29 is 69.4 Å². The van der Waals surface area contributed by atoms with Crippen molar-refractivity contribution in [3.63, 3.8) is 0 Å². The SMILES string of the molecule is F[P-](F)(F)(F)(F)F.F[P-](F)(F)(F)(F)F.O=Cc1ccc(C[n+]2ccc(-c3cc[n+](CCc4ccc(O)cc4)cc3)cc2)cc1. The third kappa shape index (κ3) is 20.2. The van der Waals surface area contributed by atoms with E-state index in [1.807, 2.05) is 36.4 Å². The molecule has 0 unspecified atom stereocenters. The molecule has 2 aromatic heterocycles. The molecule has 0 radical (unpaired) electrons. The van der Waals surface area contributed by atoms with Crippen molar-refractivity contribution in [1.29, 1.82) is 0 Å². The summed E-state index contributed by atoms with van der Waals surface area (Å²) in [5.41, 5.74) is 5.42. The number of carbonyl (C=O) groups is 1. The minimum Gasteiger partial charge on any atom is -0.508 e. The van der Waals surface area contributed by atoms with E-state index in [9.17, 15) is 60.3 Å². The van der Waals surface area contributed by atoms with E-state index in [0.29, 0.717) is 11.3 Å². The quantitative estimate of drug-likeness (QED) is 0.0911. The molecule has 0 aliphatic heterocycles. The Hall–Kier alpha value is -3.77. The number of hydrogen-bond acceptors (Lipinski definition) is 2. The molecule has 0 amide bonds. The fourth-order valence-corrected chi connectivity index (χ4v) is 3.39. The number of nitrogens with zero attached hydrogens (tertiary/aromatic N) is 2. The van der Waals surface area contributed by atoms with Gasteiger partial charge >= 0.3 is 66.0 Å². The van der Waals surface area contributed by atoms with Gasteiger partial charge in [0.25, 0.3) is 0 Å². The van der Waals surface area contributed by atoms with Crippen LogP contribution >= 0.6 is 15.6 Å². The Morgan fingerprint density at radius 1 is 0.545 bits per heavy atom. The van der Waals surface area contributed by atoms with E-state index in [1.54, 1.807) is 12.1 Å². The molecule has 2 aromatic carbocycles. The molecule has 0 aliphatic rings. The molecule has 18 heteroatoms.